The first kappa shape index (κ1) is 15.0. The van der Waals surface area contributed by atoms with Crippen molar-refractivity contribution in [2.75, 3.05) is 6.54 Å². The SMILES string of the molecule is O=C(NCC1(c2ccc(Cl)cc2)CCC1)c1ccc(F)cc1. The van der Waals surface area contributed by atoms with Crippen LogP contribution in [-0.2, 0) is 5.41 Å². The molecule has 0 unspecified atom stereocenters. The molecule has 2 aromatic carbocycles. The molecule has 0 bridgehead atoms. The number of rotatable bonds is 4. The molecule has 22 heavy (non-hydrogen) atoms. The lowest BCUT2D eigenvalue weighted by Crippen LogP contribution is -2.45. The summed E-state index contributed by atoms with van der Waals surface area (Å²) < 4.78 is 12.9. The van der Waals surface area contributed by atoms with Crippen molar-refractivity contribution in [1.29, 1.82) is 0 Å². The van der Waals surface area contributed by atoms with Crippen LogP contribution in [0.15, 0.2) is 48.5 Å². The Morgan fingerprint density at radius 1 is 1.09 bits per heavy atom. The van der Waals surface area contributed by atoms with Crippen LogP contribution in [0.1, 0.15) is 35.2 Å². The highest BCUT2D eigenvalue weighted by Crippen LogP contribution is 2.43. The highest BCUT2D eigenvalue weighted by Gasteiger charge is 2.38. The summed E-state index contributed by atoms with van der Waals surface area (Å²) in [5.74, 6) is -0.506. The van der Waals surface area contributed by atoms with Gasteiger partial charge in [0.05, 0.1) is 0 Å². The molecule has 0 spiro atoms. The van der Waals surface area contributed by atoms with Crippen molar-refractivity contribution in [3.63, 3.8) is 0 Å². The molecular weight excluding hydrogens is 301 g/mol. The van der Waals surface area contributed by atoms with E-state index in [9.17, 15) is 9.18 Å². The Balaban J connectivity index is 1.69. The summed E-state index contributed by atoms with van der Waals surface area (Å²) in [6, 6.07) is 13.4. The van der Waals surface area contributed by atoms with Gasteiger partial charge in [0.15, 0.2) is 0 Å². The first-order chi connectivity index (χ1) is 10.6. The summed E-state index contributed by atoms with van der Waals surface area (Å²) in [7, 11) is 0. The fraction of sp³-hybridized carbons (Fsp3) is 0.278. The van der Waals surface area contributed by atoms with Gasteiger partial charge in [0.1, 0.15) is 5.82 Å². The first-order valence-corrected chi connectivity index (χ1v) is 7.77. The molecule has 1 amide bonds. The molecule has 0 radical (unpaired) electrons. The van der Waals surface area contributed by atoms with E-state index in [1.165, 1.54) is 29.8 Å². The van der Waals surface area contributed by atoms with Crippen LogP contribution in [0.3, 0.4) is 0 Å². The topological polar surface area (TPSA) is 29.1 Å². The van der Waals surface area contributed by atoms with E-state index >= 15 is 0 Å². The molecule has 1 fully saturated rings. The van der Waals surface area contributed by atoms with Gasteiger partial charge >= 0.3 is 0 Å². The number of benzene rings is 2. The summed E-state index contributed by atoms with van der Waals surface area (Å²) in [6.45, 7) is 0.588. The van der Waals surface area contributed by atoms with Gasteiger partial charge < -0.3 is 5.32 Å². The van der Waals surface area contributed by atoms with Crippen molar-refractivity contribution < 1.29 is 9.18 Å². The third-order valence-corrected chi connectivity index (χ3v) is 4.71. The van der Waals surface area contributed by atoms with Crippen molar-refractivity contribution in [2.45, 2.75) is 24.7 Å². The standard InChI is InChI=1S/C18H17ClFNO/c19-15-6-4-14(5-7-15)18(10-1-11-18)12-21-17(22)13-2-8-16(20)9-3-13/h2-9H,1,10-12H2,(H,21,22). The Bertz CT molecular complexity index is 662. The molecule has 4 heteroatoms. The monoisotopic (exact) mass is 317 g/mol. The largest absolute Gasteiger partial charge is 0.351 e. The van der Waals surface area contributed by atoms with Crippen LogP contribution < -0.4 is 5.32 Å². The van der Waals surface area contributed by atoms with Crippen LogP contribution in [0.4, 0.5) is 4.39 Å². The number of amides is 1. The molecule has 1 saturated carbocycles. The fourth-order valence-electron chi connectivity index (χ4n) is 2.93. The average Bonchev–Trinajstić information content (AvgIpc) is 2.48. The van der Waals surface area contributed by atoms with Crippen LogP contribution in [0, 0.1) is 5.82 Å². The minimum absolute atomic E-state index is 0.000277. The van der Waals surface area contributed by atoms with Gasteiger partial charge in [-0.2, -0.15) is 0 Å². The van der Waals surface area contributed by atoms with E-state index in [1.54, 1.807) is 0 Å². The van der Waals surface area contributed by atoms with E-state index in [-0.39, 0.29) is 17.1 Å². The van der Waals surface area contributed by atoms with E-state index < -0.39 is 0 Å². The van der Waals surface area contributed by atoms with E-state index in [1.807, 2.05) is 24.3 Å². The molecular formula is C18H17ClFNO. The molecule has 2 aromatic rings. The maximum Gasteiger partial charge on any atom is 0.251 e. The van der Waals surface area contributed by atoms with Crippen LogP contribution in [0.2, 0.25) is 5.02 Å². The van der Waals surface area contributed by atoms with Gasteiger partial charge in [-0.3, -0.25) is 4.79 Å². The fourth-order valence-corrected chi connectivity index (χ4v) is 3.05. The summed E-state index contributed by atoms with van der Waals surface area (Å²) in [5, 5.41) is 3.70. The number of carbonyl (C=O) groups excluding carboxylic acids is 1. The molecule has 0 saturated heterocycles. The molecule has 0 atom stereocenters. The van der Waals surface area contributed by atoms with E-state index in [4.69, 9.17) is 11.6 Å². The Kier molecular flexibility index (Phi) is 4.16. The smallest absolute Gasteiger partial charge is 0.251 e. The van der Waals surface area contributed by atoms with Gasteiger partial charge in [-0.1, -0.05) is 30.2 Å². The van der Waals surface area contributed by atoms with Crippen molar-refractivity contribution in [3.8, 4) is 0 Å². The second-order valence-electron chi connectivity index (χ2n) is 5.83. The average molecular weight is 318 g/mol. The summed E-state index contributed by atoms with van der Waals surface area (Å²) in [6.07, 6.45) is 3.27. The first-order valence-electron chi connectivity index (χ1n) is 7.39. The summed E-state index contributed by atoms with van der Waals surface area (Å²) >= 11 is 5.94. The lowest BCUT2D eigenvalue weighted by Gasteiger charge is -2.42. The summed E-state index contributed by atoms with van der Waals surface area (Å²) in [4.78, 5) is 12.2. The van der Waals surface area contributed by atoms with Crippen molar-refractivity contribution in [3.05, 3.63) is 70.5 Å². The minimum atomic E-state index is -0.340. The second-order valence-corrected chi connectivity index (χ2v) is 6.27. The Morgan fingerprint density at radius 2 is 1.73 bits per heavy atom. The highest BCUT2D eigenvalue weighted by molar-refractivity contribution is 6.30. The number of hydrogen-bond acceptors (Lipinski definition) is 1. The minimum Gasteiger partial charge on any atom is -0.351 e. The molecule has 1 aliphatic carbocycles. The predicted octanol–water partition coefficient (Wildman–Crippen LogP) is 4.33. The zero-order valence-electron chi connectivity index (χ0n) is 12.1. The van der Waals surface area contributed by atoms with E-state index in [2.05, 4.69) is 5.32 Å². The van der Waals surface area contributed by atoms with E-state index in [0.29, 0.717) is 17.1 Å². The molecule has 3 rings (SSSR count). The third kappa shape index (κ3) is 3.00. The van der Waals surface area contributed by atoms with Crippen molar-refractivity contribution >= 4 is 17.5 Å². The lowest BCUT2D eigenvalue weighted by molar-refractivity contribution is 0.0928. The zero-order valence-corrected chi connectivity index (χ0v) is 12.9. The van der Waals surface area contributed by atoms with E-state index in [0.717, 1.165) is 19.3 Å². The quantitative estimate of drug-likeness (QED) is 0.893. The molecule has 2 nitrogen and oxygen atoms in total. The zero-order chi connectivity index (χ0) is 15.6. The van der Waals surface area contributed by atoms with Crippen LogP contribution in [0.5, 0.6) is 0 Å². The highest BCUT2D eigenvalue weighted by atomic mass is 35.5. The number of carbonyl (C=O) groups is 1. The Hall–Kier alpha value is -1.87. The van der Waals surface area contributed by atoms with Crippen LogP contribution in [0.25, 0.3) is 0 Å². The van der Waals surface area contributed by atoms with Gasteiger partial charge in [0.2, 0.25) is 0 Å². The normalized spacial score (nSPS) is 15.9. The van der Waals surface area contributed by atoms with Crippen LogP contribution in [-0.4, -0.2) is 12.5 Å². The Labute approximate surface area is 134 Å². The third-order valence-electron chi connectivity index (χ3n) is 4.46. The maximum atomic E-state index is 12.9. The lowest BCUT2D eigenvalue weighted by atomic mass is 9.64. The molecule has 0 aromatic heterocycles. The van der Waals surface area contributed by atoms with Crippen molar-refractivity contribution in [2.24, 2.45) is 0 Å². The van der Waals surface area contributed by atoms with Gasteiger partial charge in [0, 0.05) is 22.5 Å². The molecule has 1 N–H and O–H groups in total. The van der Waals surface area contributed by atoms with Crippen molar-refractivity contribution in [1.82, 2.24) is 5.32 Å². The predicted molar refractivity (Wildman–Crippen MR) is 85.7 cm³/mol. The molecule has 114 valence electrons. The van der Waals surface area contributed by atoms with Gasteiger partial charge in [-0.05, 0) is 54.8 Å². The molecule has 0 heterocycles. The van der Waals surface area contributed by atoms with Gasteiger partial charge in [-0.15, -0.1) is 0 Å². The number of halogens is 2. The Morgan fingerprint density at radius 3 is 2.27 bits per heavy atom. The second kappa shape index (κ2) is 6.09. The number of nitrogens with one attached hydrogen (secondary N) is 1. The van der Waals surface area contributed by atoms with Gasteiger partial charge in [0.25, 0.3) is 5.91 Å². The number of hydrogen-bond donors (Lipinski definition) is 1. The van der Waals surface area contributed by atoms with Gasteiger partial charge in [-0.25, -0.2) is 4.39 Å². The summed E-state index contributed by atoms with van der Waals surface area (Å²) in [5.41, 5.74) is 1.69. The van der Waals surface area contributed by atoms with Crippen LogP contribution >= 0.6 is 11.6 Å². The molecule has 0 aliphatic heterocycles. The molecule has 1 aliphatic rings. The maximum absolute atomic E-state index is 12.9.